The van der Waals surface area contributed by atoms with Crippen LogP contribution in [0.2, 0.25) is 0 Å². The molecule has 3 rings (SSSR count). The summed E-state index contributed by atoms with van der Waals surface area (Å²) in [5.41, 5.74) is 0.528. The molecule has 0 bridgehead atoms. The van der Waals surface area contributed by atoms with Gasteiger partial charge in [-0.15, -0.1) is 0 Å². The minimum Gasteiger partial charge on any atom is -0.504 e. The Morgan fingerprint density at radius 2 is 1.92 bits per heavy atom. The van der Waals surface area contributed by atoms with Gasteiger partial charge in [-0.05, 0) is 37.3 Å². The summed E-state index contributed by atoms with van der Waals surface area (Å²) < 4.78 is 32.1. The van der Waals surface area contributed by atoms with Crippen molar-refractivity contribution in [2.45, 2.75) is 11.8 Å². The van der Waals surface area contributed by atoms with Crippen LogP contribution in [0, 0.1) is 0 Å². The van der Waals surface area contributed by atoms with Gasteiger partial charge < -0.3 is 9.84 Å². The number of phenolic OH excluding ortho intramolecular Hbond substituents is 1. The molecule has 0 saturated heterocycles. The molecule has 0 aliphatic heterocycles. The summed E-state index contributed by atoms with van der Waals surface area (Å²) in [6, 6.07) is 12.8. The third-order valence-corrected chi connectivity index (χ3v) is 5.11. The Labute approximate surface area is 140 Å². The van der Waals surface area contributed by atoms with Crippen molar-refractivity contribution in [2.75, 3.05) is 6.61 Å². The molecule has 0 aliphatic rings. The highest BCUT2D eigenvalue weighted by Crippen LogP contribution is 2.32. The second-order valence-electron chi connectivity index (χ2n) is 4.98. The van der Waals surface area contributed by atoms with Gasteiger partial charge in [0.1, 0.15) is 0 Å². The summed E-state index contributed by atoms with van der Waals surface area (Å²) in [5, 5.41) is 9.80. The third-order valence-electron chi connectivity index (χ3n) is 3.43. The molecule has 2 aromatic carbocycles. The maximum Gasteiger partial charge on any atom is 0.269 e. The van der Waals surface area contributed by atoms with Gasteiger partial charge in [-0.2, -0.15) is 0 Å². The van der Waals surface area contributed by atoms with E-state index in [2.05, 4.69) is 4.98 Å². The van der Waals surface area contributed by atoms with E-state index in [1.54, 1.807) is 37.3 Å². The average Bonchev–Trinajstić information content (AvgIpc) is 3.08. The number of imidazole rings is 1. The van der Waals surface area contributed by atoms with Gasteiger partial charge in [0.15, 0.2) is 17.3 Å². The molecule has 124 valence electrons. The molecular weight excluding hydrogens is 328 g/mol. The predicted octanol–water partition coefficient (Wildman–Crippen LogP) is 2.89. The first-order valence-corrected chi connectivity index (χ1v) is 8.78. The molecule has 24 heavy (non-hydrogen) atoms. The van der Waals surface area contributed by atoms with Gasteiger partial charge in [-0.25, -0.2) is 17.4 Å². The van der Waals surface area contributed by atoms with Crippen LogP contribution in [-0.4, -0.2) is 29.1 Å². The zero-order chi connectivity index (χ0) is 17.2. The molecule has 3 aromatic rings. The Balaban J connectivity index is 2.11. The molecule has 0 aliphatic carbocycles. The van der Waals surface area contributed by atoms with Gasteiger partial charge in [-0.3, -0.25) is 0 Å². The summed E-state index contributed by atoms with van der Waals surface area (Å²) in [7, 11) is -3.76. The van der Waals surface area contributed by atoms with Crippen LogP contribution in [0.1, 0.15) is 6.92 Å². The zero-order valence-corrected chi connectivity index (χ0v) is 13.8. The Morgan fingerprint density at radius 1 is 1.17 bits per heavy atom. The fraction of sp³-hybridized carbons (Fsp3) is 0.118. The molecule has 0 fully saturated rings. The van der Waals surface area contributed by atoms with Crippen LogP contribution in [0.15, 0.2) is 65.8 Å². The number of benzene rings is 2. The second-order valence-corrected chi connectivity index (χ2v) is 6.80. The first-order chi connectivity index (χ1) is 11.5. The van der Waals surface area contributed by atoms with Gasteiger partial charge >= 0.3 is 0 Å². The van der Waals surface area contributed by atoms with Crippen molar-refractivity contribution in [3.05, 3.63) is 60.9 Å². The molecular formula is C17H16N2O4S. The Kier molecular flexibility index (Phi) is 4.26. The van der Waals surface area contributed by atoms with E-state index >= 15 is 0 Å². The van der Waals surface area contributed by atoms with Crippen molar-refractivity contribution >= 4 is 10.0 Å². The smallest absolute Gasteiger partial charge is 0.269 e. The lowest BCUT2D eigenvalue weighted by atomic mass is 10.2. The second kappa shape index (κ2) is 6.37. The number of rotatable bonds is 5. The Morgan fingerprint density at radius 3 is 2.62 bits per heavy atom. The van der Waals surface area contributed by atoms with Gasteiger partial charge in [-0.1, -0.05) is 18.2 Å². The highest BCUT2D eigenvalue weighted by Gasteiger charge is 2.21. The molecule has 0 amide bonds. The van der Waals surface area contributed by atoms with Crippen LogP contribution >= 0.6 is 0 Å². The lowest BCUT2D eigenvalue weighted by molar-refractivity contribution is 0.318. The number of hydrogen-bond acceptors (Lipinski definition) is 5. The Hall–Kier alpha value is -2.80. The third kappa shape index (κ3) is 2.85. The summed E-state index contributed by atoms with van der Waals surface area (Å²) in [6.07, 6.45) is 2.81. The molecule has 1 aromatic heterocycles. The van der Waals surface area contributed by atoms with Crippen molar-refractivity contribution in [3.63, 3.8) is 0 Å². The van der Waals surface area contributed by atoms with E-state index in [1.807, 2.05) is 0 Å². The molecule has 7 heteroatoms. The first-order valence-electron chi connectivity index (χ1n) is 7.34. The SMILES string of the molecule is CCOc1cc(-c2nccn2S(=O)(=O)c2ccccc2)ccc1O. The molecule has 0 radical (unpaired) electrons. The van der Waals surface area contributed by atoms with Crippen LogP contribution in [-0.2, 0) is 10.0 Å². The van der Waals surface area contributed by atoms with E-state index < -0.39 is 10.0 Å². The maximum atomic E-state index is 12.8. The van der Waals surface area contributed by atoms with Crippen molar-refractivity contribution in [2.24, 2.45) is 0 Å². The first kappa shape index (κ1) is 16.1. The average molecular weight is 344 g/mol. The van der Waals surface area contributed by atoms with E-state index in [4.69, 9.17) is 4.74 Å². The summed E-state index contributed by atoms with van der Waals surface area (Å²) in [4.78, 5) is 4.33. The molecule has 0 saturated carbocycles. The van der Waals surface area contributed by atoms with E-state index in [0.717, 1.165) is 3.97 Å². The number of nitrogens with zero attached hydrogens (tertiary/aromatic N) is 2. The van der Waals surface area contributed by atoms with Crippen LogP contribution < -0.4 is 4.74 Å². The zero-order valence-electron chi connectivity index (χ0n) is 13.0. The van der Waals surface area contributed by atoms with Crippen LogP contribution in [0.3, 0.4) is 0 Å². The number of aromatic hydroxyl groups is 1. The minimum absolute atomic E-state index is 0.00961. The number of ether oxygens (including phenoxy) is 1. The molecule has 1 N–H and O–H groups in total. The van der Waals surface area contributed by atoms with Crippen molar-refractivity contribution in [1.82, 2.24) is 8.96 Å². The molecule has 0 spiro atoms. The maximum absolute atomic E-state index is 12.8. The van der Waals surface area contributed by atoms with Crippen LogP contribution in [0.25, 0.3) is 11.4 Å². The van der Waals surface area contributed by atoms with Gasteiger partial charge in [0.05, 0.1) is 11.5 Å². The lowest BCUT2D eigenvalue weighted by Gasteiger charge is -2.11. The normalized spacial score (nSPS) is 11.4. The molecule has 0 unspecified atom stereocenters. The highest BCUT2D eigenvalue weighted by atomic mass is 32.2. The molecule has 1 heterocycles. The fourth-order valence-corrected chi connectivity index (χ4v) is 3.64. The van der Waals surface area contributed by atoms with Gasteiger partial charge in [0.2, 0.25) is 0 Å². The lowest BCUT2D eigenvalue weighted by Crippen LogP contribution is -2.13. The minimum atomic E-state index is -3.76. The quantitative estimate of drug-likeness (QED) is 0.770. The van der Waals surface area contributed by atoms with E-state index in [9.17, 15) is 13.5 Å². The van der Waals surface area contributed by atoms with Gasteiger partial charge in [0, 0.05) is 18.0 Å². The highest BCUT2D eigenvalue weighted by molar-refractivity contribution is 7.90. The number of hydrogen-bond donors (Lipinski definition) is 1. The number of aromatic nitrogens is 2. The van der Waals surface area contributed by atoms with E-state index in [-0.39, 0.29) is 22.2 Å². The monoisotopic (exact) mass is 344 g/mol. The van der Waals surface area contributed by atoms with Crippen molar-refractivity contribution < 1.29 is 18.3 Å². The fourth-order valence-electron chi connectivity index (χ4n) is 2.32. The molecule has 6 nitrogen and oxygen atoms in total. The standard InChI is InChI=1S/C17H16N2O4S/c1-2-23-16-12-13(8-9-15(16)20)17-18-10-11-19(17)24(21,22)14-6-4-3-5-7-14/h3-12,20H,2H2,1H3. The number of phenols is 1. The predicted molar refractivity (Wildman–Crippen MR) is 89.5 cm³/mol. The van der Waals surface area contributed by atoms with E-state index in [1.165, 1.54) is 30.6 Å². The Bertz CT molecular complexity index is 950. The summed E-state index contributed by atoms with van der Waals surface area (Å²) in [5.74, 6) is 0.520. The van der Waals surface area contributed by atoms with E-state index in [0.29, 0.717) is 12.2 Å². The summed E-state index contributed by atoms with van der Waals surface area (Å²) in [6.45, 7) is 2.18. The largest absolute Gasteiger partial charge is 0.504 e. The van der Waals surface area contributed by atoms with Gasteiger partial charge in [0.25, 0.3) is 10.0 Å². The topological polar surface area (TPSA) is 81.4 Å². The van der Waals surface area contributed by atoms with Crippen molar-refractivity contribution in [1.29, 1.82) is 0 Å². The van der Waals surface area contributed by atoms with Crippen molar-refractivity contribution in [3.8, 4) is 22.9 Å². The molecule has 0 atom stereocenters. The van der Waals surface area contributed by atoms with Crippen LogP contribution in [0.4, 0.5) is 0 Å². The summed E-state index contributed by atoms with van der Waals surface area (Å²) >= 11 is 0. The van der Waals surface area contributed by atoms with Crippen LogP contribution in [0.5, 0.6) is 11.5 Å².